The zero-order valence-electron chi connectivity index (χ0n) is 12.4. The molecular formula is C16H17NO5. The minimum atomic E-state index is -0.284. The molecule has 0 saturated carbocycles. The van der Waals surface area contributed by atoms with E-state index in [0.29, 0.717) is 13.0 Å². The fourth-order valence-corrected chi connectivity index (χ4v) is 2.76. The number of nitriles is 1. The average molecular weight is 303 g/mol. The van der Waals surface area contributed by atoms with Gasteiger partial charge in [0.1, 0.15) is 5.75 Å². The van der Waals surface area contributed by atoms with Crippen LogP contribution in [-0.2, 0) is 19.1 Å². The molecule has 0 amide bonds. The predicted molar refractivity (Wildman–Crippen MR) is 74.6 cm³/mol. The summed E-state index contributed by atoms with van der Waals surface area (Å²) >= 11 is 0. The molecule has 116 valence electrons. The van der Waals surface area contributed by atoms with Gasteiger partial charge in [-0.1, -0.05) is 25.1 Å². The highest BCUT2D eigenvalue weighted by Crippen LogP contribution is 2.43. The van der Waals surface area contributed by atoms with Crippen LogP contribution in [0.25, 0.3) is 0 Å². The second kappa shape index (κ2) is 8.60. The summed E-state index contributed by atoms with van der Waals surface area (Å²) in [5, 5.41) is 8.94. The number of rotatable bonds is 3. The number of hydrogen-bond acceptors (Lipinski definition) is 6. The van der Waals surface area contributed by atoms with E-state index in [2.05, 4.69) is 6.07 Å². The fraction of sp³-hybridized carbons (Fsp3) is 0.438. The smallest absolute Gasteiger partial charge is 0.373 e. The maximum absolute atomic E-state index is 11.8. The second-order valence-corrected chi connectivity index (χ2v) is 4.89. The first kappa shape index (κ1) is 17.4. The maximum Gasteiger partial charge on any atom is 0.373 e. The Balaban J connectivity index is 0.000000745. The van der Waals surface area contributed by atoms with E-state index < -0.39 is 0 Å². The molecule has 6 nitrogen and oxygen atoms in total. The van der Waals surface area contributed by atoms with Gasteiger partial charge < -0.3 is 9.47 Å². The molecule has 0 saturated heterocycles. The van der Waals surface area contributed by atoms with Crippen LogP contribution in [0.3, 0.4) is 0 Å². The first-order chi connectivity index (χ1) is 10.6. The zero-order chi connectivity index (χ0) is 16.5. The molecule has 1 heterocycles. The van der Waals surface area contributed by atoms with Crippen molar-refractivity contribution in [3.05, 3.63) is 29.8 Å². The lowest BCUT2D eigenvalue weighted by Crippen LogP contribution is -2.33. The van der Waals surface area contributed by atoms with E-state index >= 15 is 0 Å². The largest absolute Gasteiger partial charge is 0.493 e. The average Bonchev–Trinajstić information content (AvgIpc) is 2.54. The van der Waals surface area contributed by atoms with Crippen molar-refractivity contribution in [3.8, 4) is 11.8 Å². The number of nitrogens with zero attached hydrogens (tertiary/aromatic N) is 1. The number of hydrogen-bond donors (Lipinski definition) is 0. The molecule has 1 aliphatic heterocycles. The van der Waals surface area contributed by atoms with Crippen LogP contribution in [0.4, 0.5) is 0 Å². The van der Waals surface area contributed by atoms with E-state index in [9.17, 15) is 4.79 Å². The third-order valence-corrected chi connectivity index (χ3v) is 3.70. The summed E-state index contributed by atoms with van der Waals surface area (Å²) in [4.78, 5) is 28.1. The highest BCUT2D eigenvalue weighted by molar-refractivity contribution is 5.73. The van der Waals surface area contributed by atoms with Crippen molar-refractivity contribution >= 4 is 12.1 Å². The number of benzene rings is 1. The Morgan fingerprint density at radius 1 is 1.45 bits per heavy atom. The van der Waals surface area contributed by atoms with Gasteiger partial charge in [0.15, 0.2) is 0 Å². The highest BCUT2D eigenvalue weighted by atomic mass is 16.5. The third-order valence-electron chi connectivity index (χ3n) is 3.70. The van der Waals surface area contributed by atoms with E-state index in [1.54, 1.807) is 0 Å². The standard InChI is InChI=1S/C15H17NO3.CO2/c1-10(15(17)18-2)14-11(7-8-16)9-19-13-6-4-3-5-12(13)14;2-1-3/h3-6,10-11,14H,7,9H2,1-2H3;. The van der Waals surface area contributed by atoms with E-state index in [0.717, 1.165) is 11.3 Å². The lowest BCUT2D eigenvalue weighted by atomic mass is 9.75. The Bertz CT molecular complexity index is 586. The van der Waals surface area contributed by atoms with Crippen LogP contribution in [0.2, 0.25) is 0 Å². The quantitative estimate of drug-likeness (QED) is 0.792. The molecule has 0 N–H and O–H groups in total. The predicted octanol–water partition coefficient (Wildman–Crippen LogP) is 1.92. The number of methoxy groups -OCH3 is 1. The molecule has 0 fully saturated rings. The van der Waals surface area contributed by atoms with Crippen LogP contribution in [0.1, 0.15) is 24.8 Å². The first-order valence-electron chi connectivity index (χ1n) is 6.76. The summed E-state index contributed by atoms with van der Waals surface area (Å²) < 4.78 is 10.5. The zero-order valence-corrected chi connectivity index (χ0v) is 12.4. The number of carbonyl (C=O) groups is 1. The molecule has 2 rings (SSSR count). The van der Waals surface area contributed by atoms with Gasteiger partial charge in [-0.25, -0.2) is 0 Å². The van der Waals surface area contributed by atoms with Crippen LogP contribution in [0.5, 0.6) is 5.75 Å². The molecule has 22 heavy (non-hydrogen) atoms. The van der Waals surface area contributed by atoms with Crippen molar-refractivity contribution in [3.63, 3.8) is 0 Å². The van der Waals surface area contributed by atoms with Gasteiger partial charge in [0.05, 0.1) is 25.7 Å². The van der Waals surface area contributed by atoms with Gasteiger partial charge in [0.2, 0.25) is 0 Å². The molecule has 3 atom stereocenters. The molecule has 1 aromatic rings. The number of fused-ring (bicyclic) bond motifs is 1. The second-order valence-electron chi connectivity index (χ2n) is 4.89. The fourth-order valence-electron chi connectivity index (χ4n) is 2.76. The van der Waals surface area contributed by atoms with Gasteiger partial charge in [0.25, 0.3) is 0 Å². The van der Waals surface area contributed by atoms with Crippen LogP contribution in [0, 0.1) is 23.2 Å². The maximum atomic E-state index is 11.8. The Kier molecular flexibility index (Phi) is 6.81. The summed E-state index contributed by atoms with van der Waals surface area (Å²) in [7, 11) is 1.39. The summed E-state index contributed by atoms with van der Waals surface area (Å²) in [5.41, 5.74) is 0.993. The van der Waals surface area contributed by atoms with Crippen molar-refractivity contribution < 1.29 is 23.9 Å². The Morgan fingerprint density at radius 2 is 2.09 bits per heavy atom. The molecule has 3 unspecified atom stereocenters. The minimum Gasteiger partial charge on any atom is -0.493 e. The SMILES string of the molecule is COC(=O)C(C)C1c2ccccc2OCC1CC#N.O=C=O. The van der Waals surface area contributed by atoms with Gasteiger partial charge in [-0.2, -0.15) is 14.9 Å². The molecule has 0 bridgehead atoms. The van der Waals surface area contributed by atoms with Crippen molar-refractivity contribution in [1.29, 1.82) is 5.26 Å². The Labute approximate surface area is 128 Å². The van der Waals surface area contributed by atoms with Gasteiger partial charge in [-0.3, -0.25) is 4.79 Å². The highest BCUT2D eigenvalue weighted by Gasteiger charge is 2.37. The normalized spacial score (nSPS) is 19.9. The molecule has 0 aliphatic carbocycles. The van der Waals surface area contributed by atoms with E-state index in [1.165, 1.54) is 7.11 Å². The van der Waals surface area contributed by atoms with Gasteiger partial charge in [-0.05, 0) is 11.6 Å². The molecule has 1 aromatic carbocycles. The molecule has 0 spiro atoms. The summed E-state index contributed by atoms with van der Waals surface area (Å²) in [6.07, 6.45) is 0.625. The number of carbonyl (C=O) groups excluding carboxylic acids is 3. The van der Waals surface area contributed by atoms with Crippen molar-refractivity contribution in [2.45, 2.75) is 19.3 Å². The minimum absolute atomic E-state index is 0.0222. The Morgan fingerprint density at radius 3 is 2.68 bits per heavy atom. The number of ether oxygens (including phenoxy) is 2. The summed E-state index contributed by atoms with van der Waals surface area (Å²) in [6.45, 7) is 2.32. The monoisotopic (exact) mass is 303 g/mol. The van der Waals surface area contributed by atoms with Crippen molar-refractivity contribution in [2.24, 2.45) is 11.8 Å². The van der Waals surface area contributed by atoms with Crippen LogP contribution < -0.4 is 4.74 Å². The van der Waals surface area contributed by atoms with Crippen molar-refractivity contribution in [1.82, 2.24) is 0 Å². The summed E-state index contributed by atoms with van der Waals surface area (Å²) in [5.74, 6) is 0.265. The number of esters is 1. The van der Waals surface area contributed by atoms with Crippen LogP contribution in [-0.4, -0.2) is 25.8 Å². The molecule has 6 heteroatoms. The molecule has 0 aromatic heterocycles. The van der Waals surface area contributed by atoms with Gasteiger partial charge >= 0.3 is 12.1 Å². The summed E-state index contributed by atoms with van der Waals surface area (Å²) in [6, 6.07) is 9.87. The molecule has 1 aliphatic rings. The van der Waals surface area contributed by atoms with Gasteiger partial charge in [-0.15, -0.1) is 0 Å². The van der Waals surface area contributed by atoms with E-state index in [4.69, 9.17) is 24.3 Å². The van der Waals surface area contributed by atoms with E-state index in [1.807, 2.05) is 31.2 Å². The van der Waals surface area contributed by atoms with Crippen molar-refractivity contribution in [2.75, 3.05) is 13.7 Å². The van der Waals surface area contributed by atoms with Crippen LogP contribution >= 0.6 is 0 Å². The lowest BCUT2D eigenvalue weighted by Gasteiger charge is -2.35. The van der Waals surface area contributed by atoms with E-state index in [-0.39, 0.29) is 29.9 Å². The number of para-hydroxylation sites is 1. The first-order valence-corrected chi connectivity index (χ1v) is 6.76. The topological polar surface area (TPSA) is 93.5 Å². The lowest BCUT2D eigenvalue weighted by molar-refractivity contribution is -0.191. The molecule has 0 radical (unpaired) electrons. The van der Waals surface area contributed by atoms with Crippen LogP contribution in [0.15, 0.2) is 24.3 Å². The molecular weight excluding hydrogens is 286 g/mol. The Hall–Kier alpha value is -2.64. The van der Waals surface area contributed by atoms with Gasteiger partial charge in [0, 0.05) is 18.3 Å². The third kappa shape index (κ3) is 3.94.